The summed E-state index contributed by atoms with van der Waals surface area (Å²) in [4.78, 5) is 35.5. The molecular weight excluding hydrogens is 564 g/mol. The molecule has 0 saturated heterocycles. The number of benzene rings is 3. The van der Waals surface area contributed by atoms with Crippen LogP contribution in [-0.2, 0) is 9.78 Å². The summed E-state index contributed by atoms with van der Waals surface area (Å²) in [5, 5.41) is 38.9. The van der Waals surface area contributed by atoms with Gasteiger partial charge in [-0.3, -0.25) is 9.68 Å². The molecule has 0 aliphatic rings. The molecule has 0 amide bonds. The van der Waals surface area contributed by atoms with Gasteiger partial charge in [-0.15, -0.1) is 11.3 Å². The number of ether oxygens (including phenoxy) is 2. The number of methoxy groups -OCH3 is 2. The lowest BCUT2D eigenvalue weighted by Crippen LogP contribution is -2.51. The molecule has 0 aliphatic heterocycles. The molecule has 2 atom stereocenters. The molecule has 0 fully saturated rings. The van der Waals surface area contributed by atoms with E-state index in [4.69, 9.17) is 14.6 Å². The maximum Gasteiger partial charge on any atom is 0.373 e. The smallest absolute Gasteiger partial charge is 0.373 e. The van der Waals surface area contributed by atoms with Crippen molar-refractivity contribution >= 4 is 39.3 Å². The second-order valence-corrected chi connectivity index (χ2v) is 10.4. The molecule has 0 spiro atoms. The van der Waals surface area contributed by atoms with Gasteiger partial charge < -0.3 is 29.9 Å². The summed E-state index contributed by atoms with van der Waals surface area (Å²) >= 11 is 1.63. The van der Waals surface area contributed by atoms with Crippen LogP contribution in [-0.4, -0.2) is 77.9 Å². The second-order valence-electron chi connectivity index (χ2n) is 9.31. The molecule has 4 rings (SSSR count). The Morgan fingerprint density at radius 3 is 2.29 bits per heavy atom. The van der Waals surface area contributed by atoms with E-state index in [2.05, 4.69) is 21.9 Å². The largest absolute Gasteiger partial charge is 0.496 e. The zero-order valence-electron chi connectivity index (χ0n) is 22.9. The maximum absolute atomic E-state index is 12.9. The van der Waals surface area contributed by atoms with E-state index in [1.807, 2.05) is 24.3 Å². The molecule has 10 nitrogen and oxygen atoms in total. The van der Waals surface area contributed by atoms with Crippen LogP contribution in [0.2, 0.25) is 0 Å². The third-order valence-corrected chi connectivity index (χ3v) is 7.72. The van der Waals surface area contributed by atoms with Gasteiger partial charge in [0.1, 0.15) is 29.8 Å². The Kier molecular flexibility index (Phi) is 10.1. The van der Waals surface area contributed by atoms with Crippen LogP contribution in [0, 0.1) is 0 Å². The molecule has 0 radical (unpaired) electrons. The number of aliphatic hydroxyl groups is 4. The molecule has 4 aromatic rings. The lowest BCUT2D eigenvalue weighted by molar-refractivity contribution is -0.286. The van der Waals surface area contributed by atoms with Gasteiger partial charge in [-0.2, -0.15) is 4.89 Å². The van der Waals surface area contributed by atoms with Gasteiger partial charge in [-0.25, -0.2) is 4.79 Å². The minimum absolute atomic E-state index is 0.0515. The number of aliphatic hydroxyl groups excluding tert-OH is 3. The highest BCUT2D eigenvalue weighted by atomic mass is 32.1. The molecule has 1 heterocycles. The minimum Gasteiger partial charge on any atom is -0.496 e. The van der Waals surface area contributed by atoms with E-state index in [0.29, 0.717) is 22.6 Å². The summed E-state index contributed by atoms with van der Waals surface area (Å²) in [6, 6.07) is 19.4. The van der Waals surface area contributed by atoms with Crippen LogP contribution in [0.5, 0.6) is 11.5 Å². The fraction of sp³-hybridized carbons (Fsp3) is 0.226. The van der Waals surface area contributed by atoms with Crippen LogP contribution in [0.4, 0.5) is 0 Å². The summed E-state index contributed by atoms with van der Waals surface area (Å²) in [7, 11) is 3.13. The third-order valence-electron chi connectivity index (χ3n) is 6.57. The zero-order chi connectivity index (χ0) is 30.3. The van der Waals surface area contributed by atoms with E-state index in [-0.39, 0.29) is 11.3 Å². The summed E-state index contributed by atoms with van der Waals surface area (Å²) in [6.07, 6.45) is 1.34. The average Bonchev–Trinajstić information content (AvgIpc) is 3.46. The summed E-state index contributed by atoms with van der Waals surface area (Å²) in [5.74, 6) is -0.0871. The third kappa shape index (κ3) is 6.85. The number of ketones is 1. The first kappa shape index (κ1) is 30.8. The van der Waals surface area contributed by atoms with Crippen LogP contribution in [0.25, 0.3) is 26.6 Å². The van der Waals surface area contributed by atoms with Gasteiger partial charge in [0.25, 0.3) is 0 Å². The predicted octanol–water partition coefficient (Wildman–Crippen LogP) is 3.65. The molecule has 4 N–H and O–H groups in total. The van der Waals surface area contributed by atoms with E-state index in [9.17, 15) is 24.9 Å². The number of rotatable bonds is 13. The summed E-state index contributed by atoms with van der Waals surface area (Å²) in [5.41, 5.74) is -0.328. The number of hydrogen-bond donors (Lipinski definition) is 4. The van der Waals surface area contributed by atoms with E-state index in [1.54, 1.807) is 30.6 Å². The number of hydrogen-bond acceptors (Lipinski definition) is 11. The van der Waals surface area contributed by atoms with Gasteiger partial charge in [-0.1, -0.05) is 30.3 Å². The Hall–Kier alpha value is -4.10. The Labute approximate surface area is 245 Å². The summed E-state index contributed by atoms with van der Waals surface area (Å²) < 4.78 is 12.3. The second kappa shape index (κ2) is 13.7. The Balaban J connectivity index is 1.47. The quantitative estimate of drug-likeness (QED) is 0.0781. The first-order chi connectivity index (χ1) is 20.2. The van der Waals surface area contributed by atoms with Gasteiger partial charge in [0.05, 0.1) is 33.0 Å². The van der Waals surface area contributed by atoms with Gasteiger partial charge in [-0.05, 0) is 47.9 Å². The van der Waals surface area contributed by atoms with Crippen molar-refractivity contribution < 1.29 is 49.3 Å². The van der Waals surface area contributed by atoms with Crippen LogP contribution in [0.1, 0.15) is 26.3 Å². The van der Waals surface area contributed by atoms with Crippen molar-refractivity contribution in [3.8, 4) is 21.9 Å². The zero-order valence-corrected chi connectivity index (χ0v) is 23.7. The van der Waals surface area contributed by atoms with Gasteiger partial charge in [0.2, 0.25) is 0 Å². The first-order valence-corrected chi connectivity index (χ1v) is 13.6. The van der Waals surface area contributed by atoms with Crippen molar-refractivity contribution in [3.05, 3.63) is 89.5 Å². The van der Waals surface area contributed by atoms with Crippen LogP contribution < -0.4 is 9.47 Å². The highest BCUT2D eigenvalue weighted by Crippen LogP contribution is 2.41. The van der Waals surface area contributed by atoms with Crippen molar-refractivity contribution in [2.75, 3.05) is 34.0 Å². The molecule has 42 heavy (non-hydrogen) atoms. The fourth-order valence-corrected chi connectivity index (χ4v) is 5.13. The van der Waals surface area contributed by atoms with Crippen LogP contribution in [0.15, 0.2) is 72.8 Å². The van der Waals surface area contributed by atoms with Crippen LogP contribution in [0.3, 0.4) is 0 Å². The fourth-order valence-electron chi connectivity index (χ4n) is 4.04. The van der Waals surface area contributed by atoms with Gasteiger partial charge in [0.15, 0.2) is 5.78 Å². The van der Waals surface area contributed by atoms with Crippen molar-refractivity contribution in [3.63, 3.8) is 0 Å². The monoisotopic (exact) mass is 594 g/mol. The number of fused-ring (bicyclic) bond motifs is 1. The number of carbonyl (C=O) groups is 2. The molecule has 2 unspecified atom stereocenters. The topological polar surface area (TPSA) is 152 Å². The number of allylic oxidation sites excluding steroid dienone is 1. The normalized spacial score (nSPS) is 13.6. The Bertz CT molecular complexity index is 1540. The molecule has 220 valence electrons. The van der Waals surface area contributed by atoms with E-state index in [0.717, 1.165) is 20.5 Å². The molecule has 1 aromatic heterocycles. The van der Waals surface area contributed by atoms with Gasteiger partial charge >= 0.3 is 5.97 Å². The first-order valence-electron chi connectivity index (χ1n) is 12.8. The minimum atomic E-state index is -2.22. The van der Waals surface area contributed by atoms with Crippen molar-refractivity contribution in [1.29, 1.82) is 0 Å². The summed E-state index contributed by atoms with van der Waals surface area (Å²) in [6.45, 7) is -2.56. The van der Waals surface area contributed by atoms with Crippen molar-refractivity contribution in [2.45, 2.75) is 11.7 Å². The standard InChI is InChI=1S/C31H30O10S/c1-38-25-15-26(39-2)23(28-14-22-5-3-4-6-27(22)42-28)13-21(25)11-12-24(34)19-7-9-20(10-8-19)30(36)41-40-18-31(37,17-33)29(35)16-32/h3-15,29,32-33,35,37H,16-18H2,1-2H3/b12-11+. The molecule has 0 bridgehead atoms. The number of thiophene rings is 1. The predicted molar refractivity (Wildman–Crippen MR) is 157 cm³/mol. The van der Waals surface area contributed by atoms with Crippen molar-refractivity contribution in [2.24, 2.45) is 0 Å². The van der Waals surface area contributed by atoms with Crippen LogP contribution >= 0.6 is 11.3 Å². The molecular formula is C31H30O10S. The number of carbonyl (C=O) groups excluding carboxylic acids is 2. The SMILES string of the molecule is COc1cc(OC)c(-c2cc3ccccc3s2)cc1/C=C/C(=O)c1ccc(C(=O)OOCC(O)(CO)C(O)CO)cc1. The lowest BCUT2D eigenvalue weighted by Gasteiger charge is -2.28. The Morgan fingerprint density at radius 1 is 0.952 bits per heavy atom. The van der Waals surface area contributed by atoms with Gasteiger partial charge in [0, 0.05) is 32.3 Å². The van der Waals surface area contributed by atoms with E-state index < -0.39 is 37.5 Å². The highest BCUT2D eigenvalue weighted by molar-refractivity contribution is 7.22. The maximum atomic E-state index is 12.9. The molecule has 11 heteroatoms. The average molecular weight is 595 g/mol. The van der Waals surface area contributed by atoms with Crippen molar-refractivity contribution in [1.82, 2.24) is 0 Å². The lowest BCUT2D eigenvalue weighted by atomic mass is 10.00. The molecule has 0 aliphatic carbocycles. The Morgan fingerprint density at radius 2 is 1.64 bits per heavy atom. The van der Waals surface area contributed by atoms with E-state index in [1.165, 1.54) is 37.5 Å². The highest BCUT2D eigenvalue weighted by Gasteiger charge is 2.36. The molecule has 3 aromatic carbocycles. The van der Waals surface area contributed by atoms with E-state index >= 15 is 0 Å². The molecule has 0 saturated carbocycles.